The van der Waals surface area contributed by atoms with Gasteiger partial charge in [-0.05, 0) is 24.4 Å². The van der Waals surface area contributed by atoms with Crippen LogP contribution in [0.3, 0.4) is 0 Å². The van der Waals surface area contributed by atoms with Crippen LogP contribution in [0.25, 0.3) is 17.7 Å². The molecule has 0 saturated heterocycles. The molecule has 0 aliphatic carbocycles. The lowest BCUT2D eigenvalue weighted by molar-refractivity contribution is -0.112. The molecule has 0 saturated carbocycles. The molecule has 0 bridgehead atoms. The van der Waals surface area contributed by atoms with E-state index in [0.717, 1.165) is 9.88 Å². The van der Waals surface area contributed by atoms with E-state index in [-0.39, 0.29) is 17.8 Å². The van der Waals surface area contributed by atoms with Crippen LogP contribution in [-0.4, -0.2) is 21.1 Å². The summed E-state index contributed by atoms with van der Waals surface area (Å²) in [5.41, 5.74) is 0.611. The molecular formula is C13H10N4O2S2. The Bertz CT molecular complexity index is 774. The Morgan fingerprint density at radius 2 is 2.29 bits per heavy atom. The predicted octanol–water partition coefficient (Wildman–Crippen LogP) is 3.21. The number of hydrogen-bond acceptors (Lipinski definition) is 7. The van der Waals surface area contributed by atoms with Crippen molar-refractivity contribution in [3.63, 3.8) is 0 Å². The fourth-order valence-electron chi connectivity index (χ4n) is 1.53. The first-order chi connectivity index (χ1) is 10.2. The Morgan fingerprint density at radius 3 is 3.00 bits per heavy atom. The largest absolute Gasteiger partial charge is 0.401 e. The van der Waals surface area contributed by atoms with Gasteiger partial charge in [0.05, 0.1) is 5.01 Å². The van der Waals surface area contributed by atoms with Crippen molar-refractivity contribution in [1.29, 1.82) is 0 Å². The summed E-state index contributed by atoms with van der Waals surface area (Å²) in [6.45, 7) is 1.89. The number of aromatic nitrogens is 3. The fraction of sp³-hybridized carbons (Fsp3) is 0.0769. The van der Waals surface area contributed by atoms with Crippen molar-refractivity contribution >= 4 is 40.7 Å². The van der Waals surface area contributed by atoms with E-state index in [9.17, 15) is 4.79 Å². The van der Waals surface area contributed by atoms with E-state index in [1.165, 1.54) is 17.4 Å². The predicted molar refractivity (Wildman–Crippen MR) is 82.1 cm³/mol. The smallest absolute Gasteiger partial charge is 0.322 e. The van der Waals surface area contributed by atoms with Crippen LogP contribution >= 0.6 is 22.7 Å². The van der Waals surface area contributed by atoms with Crippen LogP contribution in [0.5, 0.6) is 0 Å². The first-order valence-corrected chi connectivity index (χ1v) is 7.75. The van der Waals surface area contributed by atoms with Crippen molar-refractivity contribution in [2.75, 3.05) is 5.32 Å². The summed E-state index contributed by atoms with van der Waals surface area (Å²) in [4.78, 5) is 17.0. The zero-order chi connectivity index (χ0) is 14.7. The summed E-state index contributed by atoms with van der Waals surface area (Å²) in [5, 5.41) is 14.8. The summed E-state index contributed by atoms with van der Waals surface area (Å²) >= 11 is 3.04. The van der Waals surface area contributed by atoms with Crippen molar-refractivity contribution in [2.24, 2.45) is 0 Å². The van der Waals surface area contributed by atoms with Gasteiger partial charge in [-0.2, -0.15) is 0 Å². The van der Waals surface area contributed by atoms with E-state index in [0.29, 0.717) is 5.69 Å². The lowest BCUT2D eigenvalue weighted by Crippen LogP contribution is -2.07. The van der Waals surface area contributed by atoms with E-state index in [1.54, 1.807) is 17.4 Å². The molecule has 0 radical (unpaired) electrons. The average Bonchev–Trinajstić information content (AvgIpc) is 3.17. The molecule has 0 aliphatic rings. The third-order valence-electron chi connectivity index (χ3n) is 2.44. The van der Waals surface area contributed by atoms with Crippen molar-refractivity contribution in [3.05, 3.63) is 38.9 Å². The molecule has 8 heteroatoms. The molecule has 3 heterocycles. The van der Waals surface area contributed by atoms with E-state index >= 15 is 0 Å². The highest BCUT2D eigenvalue weighted by Crippen LogP contribution is 2.21. The molecule has 0 aromatic carbocycles. The van der Waals surface area contributed by atoms with Crippen LogP contribution in [-0.2, 0) is 4.79 Å². The maximum absolute atomic E-state index is 11.7. The summed E-state index contributed by atoms with van der Waals surface area (Å²) in [6, 6.07) is 3.89. The van der Waals surface area contributed by atoms with Gasteiger partial charge < -0.3 is 4.42 Å². The SMILES string of the molecule is Cc1nc(-c2nnc(NC(=O)/C=C/c3cccs3)o2)cs1. The van der Waals surface area contributed by atoms with Crippen LogP contribution in [0.1, 0.15) is 9.88 Å². The Kier molecular flexibility index (Phi) is 3.89. The zero-order valence-electron chi connectivity index (χ0n) is 10.9. The molecule has 1 N–H and O–H groups in total. The highest BCUT2D eigenvalue weighted by atomic mass is 32.1. The molecule has 0 fully saturated rings. The van der Waals surface area contributed by atoms with Gasteiger partial charge in [-0.3, -0.25) is 10.1 Å². The minimum atomic E-state index is -0.326. The normalized spacial score (nSPS) is 11.1. The van der Waals surface area contributed by atoms with Gasteiger partial charge in [0.25, 0.3) is 11.8 Å². The molecule has 3 aromatic rings. The lowest BCUT2D eigenvalue weighted by Gasteiger charge is -1.93. The monoisotopic (exact) mass is 318 g/mol. The first-order valence-electron chi connectivity index (χ1n) is 5.99. The Morgan fingerprint density at radius 1 is 1.38 bits per heavy atom. The second-order valence-corrected chi connectivity index (χ2v) is 6.04. The maximum atomic E-state index is 11.7. The van der Waals surface area contributed by atoms with Gasteiger partial charge in [-0.15, -0.1) is 27.8 Å². The number of aryl methyl sites for hydroxylation is 1. The summed E-state index contributed by atoms with van der Waals surface area (Å²) < 4.78 is 5.35. The molecule has 1 amide bonds. The van der Waals surface area contributed by atoms with E-state index in [4.69, 9.17) is 4.42 Å². The van der Waals surface area contributed by atoms with Gasteiger partial charge in [0.15, 0.2) is 0 Å². The quantitative estimate of drug-likeness (QED) is 0.747. The van der Waals surface area contributed by atoms with Crippen LogP contribution in [0, 0.1) is 6.92 Å². The van der Waals surface area contributed by atoms with Crippen molar-refractivity contribution in [3.8, 4) is 11.6 Å². The van der Waals surface area contributed by atoms with Crippen LogP contribution in [0.2, 0.25) is 0 Å². The number of rotatable bonds is 4. The number of thiazole rings is 1. The van der Waals surface area contributed by atoms with Gasteiger partial charge >= 0.3 is 6.01 Å². The molecule has 21 heavy (non-hydrogen) atoms. The molecule has 0 aliphatic heterocycles. The highest BCUT2D eigenvalue weighted by molar-refractivity contribution is 7.10. The Balaban J connectivity index is 1.65. The fourth-order valence-corrected chi connectivity index (χ4v) is 2.73. The Labute approximate surface area is 128 Å². The second kappa shape index (κ2) is 5.98. The summed E-state index contributed by atoms with van der Waals surface area (Å²) in [6.07, 6.45) is 3.14. The van der Waals surface area contributed by atoms with Crippen molar-refractivity contribution in [2.45, 2.75) is 6.92 Å². The number of anilines is 1. The number of hydrogen-bond donors (Lipinski definition) is 1. The molecule has 3 aromatic heterocycles. The first kappa shape index (κ1) is 13.7. The van der Waals surface area contributed by atoms with Crippen molar-refractivity contribution in [1.82, 2.24) is 15.2 Å². The molecule has 0 atom stereocenters. The molecule has 106 valence electrons. The topological polar surface area (TPSA) is 80.9 Å². The number of nitrogens with zero attached hydrogens (tertiary/aromatic N) is 3. The average molecular weight is 318 g/mol. The van der Waals surface area contributed by atoms with Crippen LogP contribution < -0.4 is 5.32 Å². The lowest BCUT2D eigenvalue weighted by atomic mass is 10.4. The zero-order valence-corrected chi connectivity index (χ0v) is 12.6. The molecule has 0 unspecified atom stereocenters. The van der Waals surface area contributed by atoms with Gasteiger partial charge in [-0.25, -0.2) is 4.98 Å². The van der Waals surface area contributed by atoms with Crippen molar-refractivity contribution < 1.29 is 9.21 Å². The van der Waals surface area contributed by atoms with E-state index in [2.05, 4.69) is 20.5 Å². The minimum absolute atomic E-state index is 0.0523. The minimum Gasteiger partial charge on any atom is -0.401 e. The summed E-state index contributed by atoms with van der Waals surface area (Å²) in [5.74, 6) is -0.0371. The highest BCUT2D eigenvalue weighted by Gasteiger charge is 2.12. The number of amides is 1. The number of carbonyl (C=O) groups excluding carboxylic acids is 1. The molecule has 0 spiro atoms. The molecule has 6 nitrogen and oxygen atoms in total. The number of carbonyl (C=O) groups is 1. The van der Waals surface area contributed by atoms with E-state index < -0.39 is 0 Å². The second-order valence-electron chi connectivity index (χ2n) is 4.00. The Hall–Kier alpha value is -2.32. The number of thiophene rings is 1. The van der Waals surface area contributed by atoms with Crippen LogP contribution in [0.4, 0.5) is 6.01 Å². The third-order valence-corrected chi connectivity index (χ3v) is 4.05. The van der Waals surface area contributed by atoms with Crippen LogP contribution in [0.15, 0.2) is 33.4 Å². The molecular weight excluding hydrogens is 308 g/mol. The summed E-state index contributed by atoms with van der Waals surface area (Å²) in [7, 11) is 0. The standard InChI is InChI=1S/C13H10N4O2S2/c1-8-14-10(7-21-8)12-16-17-13(19-12)15-11(18)5-4-9-3-2-6-20-9/h2-7H,1H3,(H,15,17,18)/b5-4+. The van der Waals surface area contributed by atoms with Gasteiger partial charge in [-0.1, -0.05) is 11.2 Å². The number of nitrogens with one attached hydrogen (secondary N) is 1. The molecule has 3 rings (SSSR count). The third kappa shape index (κ3) is 3.41. The van der Waals surface area contributed by atoms with Gasteiger partial charge in [0.1, 0.15) is 5.69 Å². The van der Waals surface area contributed by atoms with Gasteiger partial charge in [0, 0.05) is 16.3 Å². The van der Waals surface area contributed by atoms with Gasteiger partial charge in [0.2, 0.25) is 0 Å². The van der Waals surface area contributed by atoms with E-state index in [1.807, 2.05) is 29.8 Å². The maximum Gasteiger partial charge on any atom is 0.322 e.